The molecule has 1 aromatic carbocycles. The van der Waals surface area contributed by atoms with Gasteiger partial charge in [-0.3, -0.25) is 0 Å². The lowest BCUT2D eigenvalue weighted by Gasteiger charge is -2.36. The molecule has 0 saturated heterocycles. The van der Waals surface area contributed by atoms with E-state index in [1.807, 2.05) is 24.3 Å². The van der Waals surface area contributed by atoms with Crippen molar-refractivity contribution >= 4 is 0 Å². The van der Waals surface area contributed by atoms with Gasteiger partial charge in [-0.1, -0.05) is 49.4 Å². The number of aliphatic hydroxyl groups excluding tert-OH is 1. The molecule has 0 amide bonds. The Morgan fingerprint density at radius 2 is 2.00 bits per heavy atom. The van der Waals surface area contributed by atoms with Crippen LogP contribution in [0.3, 0.4) is 0 Å². The highest BCUT2D eigenvalue weighted by Crippen LogP contribution is 2.35. The molecule has 1 aliphatic carbocycles. The average molecular weight is 188 g/mol. The molecule has 1 nitrogen and oxygen atoms in total. The number of benzene rings is 1. The molecule has 0 bridgehead atoms. The Hall–Kier alpha value is -1.08. The van der Waals surface area contributed by atoms with E-state index in [4.69, 9.17) is 0 Å². The van der Waals surface area contributed by atoms with Crippen LogP contribution in [-0.2, 0) is 5.41 Å². The van der Waals surface area contributed by atoms with Crippen LogP contribution in [0.15, 0.2) is 42.5 Å². The lowest BCUT2D eigenvalue weighted by atomic mass is 9.71. The van der Waals surface area contributed by atoms with Gasteiger partial charge in [0.1, 0.15) is 0 Å². The zero-order valence-corrected chi connectivity index (χ0v) is 8.48. The minimum atomic E-state index is -0.348. The van der Waals surface area contributed by atoms with E-state index in [0.717, 1.165) is 12.8 Å². The maximum Gasteiger partial charge on any atom is 0.0814 e. The van der Waals surface area contributed by atoms with Gasteiger partial charge in [-0.05, 0) is 18.4 Å². The van der Waals surface area contributed by atoms with Crippen molar-refractivity contribution in [1.29, 1.82) is 0 Å². The van der Waals surface area contributed by atoms with Crippen LogP contribution in [0.2, 0.25) is 0 Å². The summed E-state index contributed by atoms with van der Waals surface area (Å²) in [5, 5.41) is 9.99. The van der Waals surface area contributed by atoms with Crippen molar-refractivity contribution in [1.82, 2.24) is 0 Å². The highest BCUT2D eigenvalue weighted by molar-refractivity contribution is 5.29. The Bertz CT molecular complexity index is 328. The third-order valence-electron chi connectivity index (χ3n) is 3.23. The summed E-state index contributed by atoms with van der Waals surface area (Å²) >= 11 is 0. The highest BCUT2D eigenvalue weighted by atomic mass is 16.3. The average Bonchev–Trinajstić information content (AvgIpc) is 2.24. The summed E-state index contributed by atoms with van der Waals surface area (Å²) in [5.41, 5.74) is 1.13. The summed E-state index contributed by atoms with van der Waals surface area (Å²) in [6, 6.07) is 10.3. The molecule has 0 fully saturated rings. The van der Waals surface area contributed by atoms with Crippen LogP contribution >= 0.6 is 0 Å². The first-order valence-electron chi connectivity index (χ1n) is 5.14. The number of hydrogen-bond acceptors (Lipinski definition) is 1. The first kappa shape index (κ1) is 9.47. The van der Waals surface area contributed by atoms with Gasteiger partial charge in [-0.15, -0.1) is 0 Å². The molecule has 0 spiro atoms. The maximum absolute atomic E-state index is 9.99. The molecule has 1 unspecified atom stereocenters. The Morgan fingerprint density at radius 3 is 2.64 bits per heavy atom. The van der Waals surface area contributed by atoms with Crippen LogP contribution in [0.4, 0.5) is 0 Å². The van der Waals surface area contributed by atoms with Crippen LogP contribution in [0.5, 0.6) is 0 Å². The topological polar surface area (TPSA) is 20.2 Å². The Morgan fingerprint density at radius 1 is 1.29 bits per heavy atom. The molecule has 0 saturated carbocycles. The van der Waals surface area contributed by atoms with Crippen LogP contribution in [-0.4, -0.2) is 11.2 Å². The van der Waals surface area contributed by atoms with Crippen molar-refractivity contribution in [3.05, 3.63) is 48.0 Å². The van der Waals surface area contributed by atoms with E-state index in [2.05, 4.69) is 25.1 Å². The zero-order valence-electron chi connectivity index (χ0n) is 8.48. The largest absolute Gasteiger partial charge is 0.388 e. The number of rotatable bonds is 1. The molecule has 0 aliphatic heterocycles. The predicted molar refractivity (Wildman–Crippen MR) is 58.2 cm³/mol. The van der Waals surface area contributed by atoms with E-state index in [-0.39, 0.29) is 11.5 Å². The number of hydrogen-bond donors (Lipinski definition) is 1. The summed E-state index contributed by atoms with van der Waals surface area (Å²) in [7, 11) is 0. The SMILES string of the molecule is CC1(c2ccccc2)CCC=C[C@@H]1O. The molecule has 1 heteroatoms. The van der Waals surface area contributed by atoms with E-state index >= 15 is 0 Å². The van der Waals surface area contributed by atoms with Gasteiger partial charge >= 0.3 is 0 Å². The Kier molecular flexibility index (Phi) is 2.42. The van der Waals surface area contributed by atoms with Gasteiger partial charge in [0, 0.05) is 5.41 Å². The predicted octanol–water partition coefficient (Wildman–Crippen LogP) is 2.66. The van der Waals surface area contributed by atoms with Crippen LogP contribution < -0.4 is 0 Å². The van der Waals surface area contributed by atoms with Crippen molar-refractivity contribution in [2.24, 2.45) is 0 Å². The molecule has 2 atom stereocenters. The first-order valence-corrected chi connectivity index (χ1v) is 5.14. The van der Waals surface area contributed by atoms with Crippen LogP contribution in [0.1, 0.15) is 25.3 Å². The molecule has 2 rings (SSSR count). The van der Waals surface area contributed by atoms with Crippen molar-refractivity contribution in [3.63, 3.8) is 0 Å². The minimum Gasteiger partial charge on any atom is -0.388 e. The molecular formula is C13H16O. The number of allylic oxidation sites excluding steroid dienone is 1. The highest BCUT2D eigenvalue weighted by Gasteiger charge is 2.34. The fourth-order valence-electron chi connectivity index (χ4n) is 2.10. The second kappa shape index (κ2) is 3.58. The fourth-order valence-corrected chi connectivity index (χ4v) is 2.10. The summed E-state index contributed by atoms with van der Waals surface area (Å²) < 4.78 is 0. The van der Waals surface area contributed by atoms with E-state index in [1.54, 1.807) is 0 Å². The lowest BCUT2D eigenvalue weighted by Crippen LogP contribution is -2.37. The normalized spacial score (nSPS) is 31.7. The van der Waals surface area contributed by atoms with Gasteiger partial charge in [0.2, 0.25) is 0 Å². The monoisotopic (exact) mass is 188 g/mol. The van der Waals surface area contributed by atoms with Crippen molar-refractivity contribution in [3.8, 4) is 0 Å². The van der Waals surface area contributed by atoms with Crippen molar-refractivity contribution in [2.45, 2.75) is 31.3 Å². The van der Waals surface area contributed by atoms with Gasteiger partial charge in [-0.2, -0.15) is 0 Å². The van der Waals surface area contributed by atoms with Gasteiger partial charge < -0.3 is 5.11 Å². The maximum atomic E-state index is 9.99. The zero-order chi connectivity index (χ0) is 10.0. The molecule has 1 aliphatic rings. The van der Waals surface area contributed by atoms with Crippen molar-refractivity contribution in [2.75, 3.05) is 0 Å². The van der Waals surface area contributed by atoms with Gasteiger partial charge in [0.05, 0.1) is 6.10 Å². The summed E-state index contributed by atoms with van der Waals surface area (Å²) in [4.78, 5) is 0. The molecule has 0 heterocycles. The Labute approximate surface area is 85.1 Å². The number of aliphatic hydroxyl groups is 1. The Balaban J connectivity index is 2.37. The molecule has 1 N–H and O–H groups in total. The fraction of sp³-hybridized carbons (Fsp3) is 0.385. The second-order valence-corrected chi connectivity index (χ2v) is 4.20. The van der Waals surface area contributed by atoms with Gasteiger partial charge in [-0.25, -0.2) is 0 Å². The molecule has 74 valence electrons. The lowest BCUT2D eigenvalue weighted by molar-refractivity contribution is 0.120. The van der Waals surface area contributed by atoms with Crippen LogP contribution in [0.25, 0.3) is 0 Å². The second-order valence-electron chi connectivity index (χ2n) is 4.20. The van der Waals surface area contributed by atoms with Gasteiger partial charge in [0.15, 0.2) is 0 Å². The molecule has 1 aromatic rings. The molecular weight excluding hydrogens is 172 g/mol. The van der Waals surface area contributed by atoms with E-state index < -0.39 is 0 Å². The van der Waals surface area contributed by atoms with E-state index in [0.29, 0.717) is 0 Å². The summed E-state index contributed by atoms with van der Waals surface area (Å²) in [5.74, 6) is 0. The summed E-state index contributed by atoms with van der Waals surface area (Å²) in [6.45, 7) is 2.14. The van der Waals surface area contributed by atoms with E-state index in [9.17, 15) is 5.11 Å². The smallest absolute Gasteiger partial charge is 0.0814 e. The van der Waals surface area contributed by atoms with Crippen molar-refractivity contribution < 1.29 is 5.11 Å². The van der Waals surface area contributed by atoms with Crippen LogP contribution in [0, 0.1) is 0 Å². The molecule has 0 radical (unpaired) electrons. The molecule has 14 heavy (non-hydrogen) atoms. The van der Waals surface area contributed by atoms with E-state index in [1.165, 1.54) is 5.56 Å². The standard InChI is InChI=1S/C13H16O/c1-13(10-6-5-9-12(13)14)11-7-3-2-4-8-11/h2-5,7-9,12,14H,6,10H2,1H3/t12-,13?/m0/s1. The van der Waals surface area contributed by atoms with Gasteiger partial charge in [0.25, 0.3) is 0 Å². The first-order chi connectivity index (χ1) is 6.73. The third kappa shape index (κ3) is 1.48. The summed E-state index contributed by atoms with van der Waals surface area (Å²) in [6.07, 6.45) is 5.71. The minimum absolute atomic E-state index is 0.101. The molecule has 0 aromatic heterocycles. The third-order valence-corrected chi connectivity index (χ3v) is 3.23. The quantitative estimate of drug-likeness (QED) is 0.672.